The molecule has 0 saturated carbocycles. The van der Waals surface area contributed by atoms with E-state index < -0.39 is 0 Å². The zero-order valence-electron chi connectivity index (χ0n) is 20.1. The third kappa shape index (κ3) is 3.84. The lowest BCUT2D eigenvalue weighted by molar-refractivity contribution is 0.356. The van der Waals surface area contributed by atoms with E-state index in [0.29, 0.717) is 23.9 Å². The van der Waals surface area contributed by atoms with Gasteiger partial charge >= 0.3 is 0 Å². The topological polar surface area (TPSA) is 85.0 Å². The first kappa shape index (κ1) is 21.9. The van der Waals surface area contributed by atoms with Gasteiger partial charge in [0.2, 0.25) is 0 Å². The highest BCUT2D eigenvalue weighted by Gasteiger charge is 2.16. The van der Waals surface area contributed by atoms with Crippen LogP contribution < -0.4 is 14.8 Å². The van der Waals surface area contributed by atoms with Crippen LogP contribution in [0.5, 0.6) is 11.5 Å². The van der Waals surface area contributed by atoms with Gasteiger partial charge in [-0.3, -0.25) is 4.98 Å². The molecule has 0 amide bonds. The number of aromatic nitrogens is 4. The molecular formula is C29H25N5O2. The zero-order valence-corrected chi connectivity index (χ0v) is 20.1. The molecule has 0 radical (unpaired) electrons. The van der Waals surface area contributed by atoms with Crippen molar-refractivity contribution >= 4 is 38.5 Å². The van der Waals surface area contributed by atoms with Crippen molar-refractivity contribution < 1.29 is 9.47 Å². The Morgan fingerprint density at radius 1 is 0.861 bits per heavy atom. The highest BCUT2D eigenvalue weighted by Crippen LogP contribution is 2.36. The van der Waals surface area contributed by atoms with E-state index in [0.717, 1.165) is 45.1 Å². The van der Waals surface area contributed by atoms with Gasteiger partial charge in [0.05, 0.1) is 25.3 Å². The number of hydrogen-bond acceptors (Lipinski definition) is 6. The molecule has 3 aromatic carbocycles. The first-order chi connectivity index (χ1) is 17.7. The normalized spacial score (nSPS) is 11.3. The molecule has 0 fully saturated rings. The number of methoxy groups -OCH3 is 2. The second-order valence-electron chi connectivity index (χ2n) is 8.54. The number of fused-ring (bicyclic) bond motifs is 3. The number of nitrogens with zero attached hydrogens (tertiary/aromatic N) is 3. The van der Waals surface area contributed by atoms with E-state index in [1.165, 1.54) is 10.9 Å². The van der Waals surface area contributed by atoms with Crippen molar-refractivity contribution in [2.45, 2.75) is 6.42 Å². The first-order valence-electron chi connectivity index (χ1n) is 11.8. The molecule has 0 aliphatic heterocycles. The molecular weight excluding hydrogens is 450 g/mol. The van der Waals surface area contributed by atoms with Crippen LogP contribution in [0.15, 0.2) is 79.1 Å². The summed E-state index contributed by atoms with van der Waals surface area (Å²) in [5.41, 5.74) is 4.91. The van der Waals surface area contributed by atoms with E-state index in [1.807, 2.05) is 48.5 Å². The predicted molar refractivity (Wildman–Crippen MR) is 144 cm³/mol. The van der Waals surface area contributed by atoms with E-state index in [-0.39, 0.29) is 0 Å². The molecule has 7 heteroatoms. The van der Waals surface area contributed by atoms with Crippen LogP contribution in [0.3, 0.4) is 0 Å². The number of pyridine rings is 1. The molecule has 178 valence electrons. The van der Waals surface area contributed by atoms with Gasteiger partial charge in [-0.1, -0.05) is 36.4 Å². The lowest BCUT2D eigenvalue weighted by atomic mass is 10.1. The van der Waals surface area contributed by atoms with E-state index >= 15 is 0 Å². The van der Waals surface area contributed by atoms with Gasteiger partial charge in [-0.25, -0.2) is 9.97 Å². The maximum Gasteiger partial charge on any atom is 0.164 e. The Morgan fingerprint density at radius 3 is 2.58 bits per heavy atom. The summed E-state index contributed by atoms with van der Waals surface area (Å²) in [5, 5.41) is 6.70. The van der Waals surface area contributed by atoms with Crippen LogP contribution in [0.25, 0.3) is 44.1 Å². The van der Waals surface area contributed by atoms with E-state index in [9.17, 15) is 0 Å². The van der Waals surface area contributed by atoms with Crippen molar-refractivity contribution in [3.05, 3.63) is 84.7 Å². The number of nitrogens with one attached hydrogen (secondary N) is 2. The Morgan fingerprint density at radius 2 is 1.69 bits per heavy atom. The van der Waals surface area contributed by atoms with Gasteiger partial charge in [0.15, 0.2) is 17.3 Å². The average Bonchev–Trinajstić information content (AvgIpc) is 3.34. The molecule has 6 aromatic rings. The summed E-state index contributed by atoms with van der Waals surface area (Å²) in [6.07, 6.45) is 4.71. The number of anilines is 1. The Bertz CT molecular complexity index is 1700. The smallest absolute Gasteiger partial charge is 0.164 e. The average molecular weight is 476 g/mol. The summed E-state index contributed by atoms with van der Waals surface area (Å²) in [7, 11) is 3.26. The number of ether oxygens (including phenoxy) is 2. The number of benzene rings is 3. The molecule has 3 heterocycles. The first-order valence-corrected chi connectivity index (χ1v) is 11.8. The monoisotopic (exact) mass is 475 g/mol. The maximum absolute atomic E-state index is 5.56. The second-order valence-corrected chi connectivity index (χ2v) is 8.54. The van der Waals surface area contributed by atoms with Crippen LogP contribution in [0.2, 0.25) is 0 Å². The van der Waals surface area contributed by atoms with Crippen LogP contribution >= 0.6 is 0 Å². The Balaban J connectivity index is 1.43. The molecule has 0 aliphatic carbocycles. The molecule has 0 aliphatic rings. The molecule has 3 aromatic heterocycles. The summed E-state index contributed by atoms with van der Waals surface area (Å²) >= 11 is 0. The summed E-state index contributed by atoms with van der Waals surface area (Å²) in [6, 6.07) is 22.2. The Labute approximate surface area is 208 Å². The minimum atomic E-state index is 0.605. The fourth-order valence-corrected chi connectivity index (χ4v) is 4.65. The third-order valence-electron chi connectivity index (χ3n) is 6.44. The Kier molecular flexibility index (Phi) is 5.58. The van der Waals surface area contributed by atoms with Gasteiger partial charge in [0.25, 0.3) is 0 Å². The molecule has 0 bridgehead atoms. The van der Waals surface area contributed by atoms with Gasteiger partial charge < -0.3 is 19.8 Å². The summed E-state index contributed by atoms with van der Waals surface area (Å²) < 4.78 is 11.1. The number of aromatic amines is 1. The van der Waals surface area contributed by atoms with Crippen molar-refractivity contribution in [2.24, 2.45) is 0 Å². The number of hydrogen-bond donors (Lipinski definition) is 2. The van der Waals surface area contributed by atoms with Crippen molar-refractivity contribution in [1.29, 1.82) is 0 Å². The van der Waals surface area contributed by atoms with Crippen molar-refractivity contribution in [1.82, 2.24) is 19.9 Å². The maximum atomic E-state index is 5.56. The molecule has 7 nitrogen and oxygen atoms in total. The van der Waals surface area contributed by atoms with E-state index in [4.69, 9.17) is 19.4 Å². The highest BCUT2D eigenvalue weighted by molar-refractivity contribution is 5.96. The fourth-order valence-electron chi connectivity index (χ4n) is 4.65. The second kappa shape index (κ2) is 9.19. The van der Waals surface area contributed by atoms with Gasteiger partial charge in [0.1, 0.15) is 5.82 Å². The molecule has 0 atom stereocenters. The lowest BCUT2D eigenvalue weighted by Crippen LogP contribution is -2.08. The van der Waals surface area contributed by atoms with Gasteiger partial charge in [-0.15, -0.1) is 0 Å². The molecule has 6 rings (SSSR count). The van der Waals surface area contributed by atoms with Crippen molar-refractivity contribution in [3.8, 4) is 22.9 Å². The largest absolute Gasteiger partial charge is 0.493 e. The molecule has 2 N–H and O–H groups in total. The minimum absolute atomic E-state index is 0.605. The summed E-state index contributed by atoms with van der Waals surface area (Å²) in [4.78, 5) is 17.8. The summed E-state index contributed by atoms with van der Waals surface area (Å²) in [5.74, 6) is 2.60. The Hall–Kier alpha value is -4.65. The predicted octanol–water partition coefficient (Wildman–Crippen LogP) is 6.00. The van der Waals surface area contributed by atoms with E-state index in [1.54, 1.807) is 20.4 Å². The zero-order chi connectivity index (χ0) is 24.5. The number of rotatable bonds is 7. The van der Waals surface area contributed by atoms with Crippen molar-refractivity contribution in [2.75, 3.05) is 26.1 Å². The molecule has 36 heavy (non-hydrogen) atoms. The van der Waals surface area contributed by atoms with Crippen LogP contribution in [-0.2, 0) is 6.42 Å². The SMILES string of the molecule is COc1cc2nc(-c3cccc4cccnc34)nc(NCCc3c[nH]c4ccccc34)c2cc1OC. The van der Waals surface area contributed by atoms with Crippen LogP contribution in [0.4, 0.5) is 5.82 Å². The summed E-state index contributed by atoms with van der Waals surface area (Å²) in [6.45, 7) is 0.704. The minimum Gasteiger partial charge on any atom is -0.493 e. The molecule has 0 unspecified atom stereocenters. The molecule has 0 saturated heterocycles. The quantitative estimate of drug-likeness (QED) is 0.295. The van der Waals surface area contributed by atoms with Gasteiger partial charge in [0, 0.05) is 52.2 Å². The van der Waals surface area contributed by atoms with Gasteiger partial charge in [-0.05, 0) is 36.2 Å². The standard InChI is InChI=1S/C29H25N5O2/c1-35-25-15-22-24(16-26(25)36-2)33-29(21-10-5-7-18-8-6-13-30-27(18)21)34-28(22)31-14-12-19-17-32-23-11-4-3-9-20(19)23/h3-11,13,15-17,32H,12,14H2,1-2H3,(H,31,33,34). The van der Waals surface area contributed by atoms with Crippen LogP contribution in [0, 0.1) is 0 Å². The van der Waals surface area contributed by atoms with Crippen molar-refractivity contribution in [3.63, 3.8) is 0 Å². The third-order valence-corrected chi connectivity index (χ3v) is 6.44. The van der Waals surface area contributed by atoms with Crippen LogP contribution in [-0.4, -0.2) is 40.7 Å². The number of para-hydroxylation sites is 2. The van der Waals surface area contributed by atoms with E-state index in [2.05, 4.69) is 39.7 Å². The van der Waals surface area contributed by atoms with Gasteiger partial charge in [-0.2, -0.15) is 0 Å². The number of H-pyrrole nitrogens is 1. The fraction of sp³-hybridized carbons (Fsp3) is 0.138. The molecule has 0 spiro atoms. The highest BCUT2D eigenvalue weighted by atomic mass is 16.5. The lowest BCUT2D eigenvalue weighted by Gasteiger charge is -2.14. The van der Waals surface area contributed by atoms with Crippen LogP contribution in [0.1, 0.15) is 5.56 Å².